The van der Waals surface area contributed by atoms with Crippen LogP contribution in [0.4, 0.5) is 8.78 Å². The van der Waals surface area contributed by atoms with Crippen LogP contribution in [0.15, 0.2) is 59.1 Å². The molecule has 0 aromatic heterocycles. The molecule has 2 N–H and O–H groups in total. The van der Waals surface area contributed by atoms with Gasteiger partial charge in [-0.3, -0.25) is 9.59 Å². The molecule has 150 valence electrons. The fraction of sp³-hybridized carbons (Fsp3) is 0.143. The molecule has 1 atom stereocenters. The lowest BCUT2D eigenvalue weighted by atomic mass is 10.1. The Kier molecular flexibility index (Phi) is 6.43. The van der Waals surface area contributed by atoms with Gasteiger partial charge in [0.25, 0.3) is 5.91 Å². The van der Waals surface area contributed by atoms with Crippen molar-refractivity contribution in [1.82, 2.24) is 10.6 Å². The zero-order valence-corrected chi connectivity index (χ0v) is 16.9. The lowest BCUT2D eigenvalue weighted by Gasteiger charge is -2.18. The molecule has 0 radical (unpaired) electrons. The number of rotatable bonds is 6. The Hall–Kier alpha value is -3.00. The third-order valence-corrected chi connectivity index (χ3v) is 5.10. The molecule has 3 aromatic carbocycles. The Morgan fingerprint density at radius 3 is 2.55 bits per heavy atom. The molecule has 5 nitrogen and oxygen atoms in total. The summed E-state index contributed by atoms with van der Waals surface area (Å²) in [5.74, 6) is -2.86. The van der Waals surface area contributed by atoms with E-state index in [1.54, 1.807) is 6.07 Å². The van der Waals surface area contributed by atoms with Crippen molar-refractivity contribution >= 4 is 38.5 Å². The van der Waals surface area contributed by atoms with Crippen LogP contribution in [0.1, 0.15) is 11.6 Å². The van der Waals surface area contributed by atoms with Crippen LogP contribution in [0.2, 0.25) is 0 Å². The van der Waals surface area contributed by atoms with E-state index in [0.29, 0.717) is 10.2 Å². The van der Waals surface area contributed by atoms with Gasteiger partial charge in [-0.15, -0.1) is 0 Å². The molecule has 0 bridgehead atoms. The Balaban J connectivity index is 1.73. The normalized spacial score (nSPS) is 11.7. The van der Waals surface area contributed by atoms with Crippen molar-refractivity contribution in [3.05, 3.63) is 76.3 Å². The molecule has 1 unspecified atom stereocenters. The van der Waals surface area contributed by atoms with E-state index in [2.05, 4.69) is 26.6 Å². The molecule has 0 saturated heterocycles. The third-order valence-electron chi connectivity index (χ3n) is 4.28. The van der Waals surface area contributed by atoms with Crippen molar-refractivity contribution in [3.8, 4) is 5.75 Å². The number of likely N-dealkylation sites (N-methyl/N-ethyl adjacent to an activating group) is 1. The van der Waals surface area contributed by atoms with Gasteiger partial charge in [0.15, 0.2) is 18.2 Å². The van der Waals surface area contributed by atoms with Crippen LogP contribution in [0, 0.1) is 11.6 Å². The lowest BCUT2D eigenvalue weighted by Crippen LogP contribution is -2.41. The number of carbonyl (C=O) groups excluding carboxylic acids is 2. The van der Waals surface area contributed by atoms with Crippen LogP contribution in [0.25, 0.3) is 10.8 Å². The van der Waals surface area contributed by atoms with Crippen molar-refractivity contribution in [2.24, 2.45) is 0 Å². The van der Waals surface area contributed by atoms with Crippen molar-refractivity contribution in [3.63, 3.8) is 0 Å². The first-order chi connectivity index (χ1) is 13.9. The predicted molar refractivity (Wildman–Crippen MR) is 108 cm³/mol. The van der Waals surface area contributed by atoms with Gasteiger partial charge in [0, 0.05) is 7.05 Å². The summed E-state index contributed by atoms with van der Waals surface area (Å²) >= 11 is 3.47. The minimum Gasteiger partial charge on any atom is -0.483 e. The van der Waals surface area contributed by atoms with Gasteiger partial charge in [0.2, 0.25) is 5.91 Å². The highest BCUT2D eigenvalue weighted by Crippen LogP contribution is 2.33. The van der Waals surface area contributed by atoms with Gasteiger partial charge in [-0.05, 0) is 50.5 Å². The Morgan fingerprint density at radius 1 is 1.07 bits per heavy atom. The zero-order valence-electron chi connectivity index (χ0n) is 15.3. The van der Waals surface area contributed by atoms with E-state index >= 15 is 0 Å². The summed E-state index contributed by atoms with van der Waals surface area (Å²) in [6, 6.07) is 13.1. The highest BCUT2D eigenvalue weighted by atomic mass is 79.9. The fourth-order valence-electron chi connectivity index (χ4n) is 2.81. The summed E-state index contributed by atoms with van der Waals surface area (Å²) in [7, 11) is 1.38. The maximum atomic E-state index is 13.5. The van der Waals surface area contributed by atoms with Crippen molar-refractivity contribution in [2.75, 3.05) is 13.7 Å². The first-order valence-electron chi connectivity index (χ1n) is 8.66. The summed E-state index contributed by atoms with van der Waals surface area (Å²) in [4.78, 5) is 24.5. The van der Waals surface area contributed by atoms with Gasteiger partial charge in [0.1, 0.15) is 11.8 Å². The number of nitrogens with one attached hydrogen (secondary N) is 2. The van der Waals surface area contributed by atoms with Crippen LogP contribution < -0.4 is 15.4 Å². The number of ether oxygens (including phenoxy) is 1. The number of amides is 2. The fourth-order valence-corrected chi connectivity index (χ4v) is 3.42. The number of fused-ring (bicyclic) bond motifs is 1. The van der Waals surface area contributed by atoms with Gasteiger partial charge in [-0.2, -0.15) is 0 Å². The average molecular weight is 463 g/mol. The molecule has 0 aliphatic heterocycles. The van der Waals surface area contributed by atoms with E-state index in [1.807, 2.05) is 30.3 Å². The predicted octanol–water partition coefficient (Wildman–Crippen LogP) is 3.86. The van der Waals surface area contributed by atoms with Gasteiger partial charge in [-0.1, -0.05) is 36.4 Å². The van der Waals surface area contributed by atoms with Crippen molar-refractivity contribution in [2.45, 2.75) is 6.04 Å². The topological polar surface area (TPSA) is 67.4 Å². The summed E-state index contributed by atoms with van der Waals surface area (Å²) in [5, 5.41) is 6.80. The van der Waals surface area contributed by atoms with Gasteiger partial charge in [0.05, 0.1) is 4.47 Å². The second kappa shape index (κ2) is 9.00. The van der Waals surface area contributed by atoms with Crippen LogP contribution in [0.5, 0.6) is 5.75 Å². The summed E-state index contributed by atoms with van der Waals surface area (Å²) in [5.41, 5.74) is 0.114. The molecule has 3 aromatic rings. The number of carbonyl (C=O) groups is 2. The van der Waals surface area contributed by atoms with E-state index in [0.717, 1.165) is 22.9 Å². The third kappa shape index (κ3) is 4.71. The van der Waals surface area contributed by atoms with Crippen LogP contribution in [-0.2, 0) is 9.59 Å². The molecule has 29 heavy (non-hydrogen) atoms. The first-order valence-corrected chi connectivity index (χ1v) is 9.46. The molecular weight excluding hydrogens is 446 g/mol. The maximum absolute atomic E-state index is 13.5. The summed E-state index contributed by atoms with van der Waals surface area (Å²) < 4.78 is 33.0. The smallest absolute Gasteiger partial charge is 0.258 e. The van der Waals surface area contributed by atoms with Crippen LogP contribution in [-0.4, -0.2) is 25.5 Å². The van der Waals surface area contributed by atoms with Gasteiger partial charge in [-0.25, -0.2) is 8.78 Å². The number of benzene rings is 3. The summed E-state index contributed by atoms with van der Waals surface area (Å²) in [6.07, 6.45) is 0. The number of hydrogen-bond donors (Lipinski definition) is 2. The second-order valence-electron chi connectivity index (χ2n) is 6.18. The lowest BCUT2D eigenvalue weighted by molar-refractivity contribution is -0.129. The minimum absolute atomic E-state index is 0.114. The Bertz CT molecular complexity index is 1070. The van der Waals surface area contributed by atoms with Crippen LogP contribution >= 0.6 is 15.9 Å². The molecule has 0 fully saturated rings. The molecule has 0 aliphatic rings. The minimum atomic E-state index is -1.19. The highest BCUT2D eigenvalue weighted by molar-refractivity contribution is 9.10. The second-order valence-corrected chi connectivity index (χ2v) is 6.97. The van der Waals surface area contributed by atoms with Gasteiger partial charge >= 0.3 is 0 Å². The monoisotopic (exact) mass is 462 g/mol. The van der Waals surface area contributed by atoms with E-state index in [4.69, 9.17) is 4.74 Å². The van der Waals surface area contributed by atoms with Crippen molar-refractivity contribution < 1.29 is 23.1 Å². The van der Waals surface area contributed by atoms with Crippen LogP contribution in [0.3, 0.4) is 0 Å². The zero-order chi connectivity index (χ0) is 21.0. The molecule has 0 aliphatic carbocycles. The molecule has 0 heterocycles. The highest BCUT2D eigenvalue weighted by Gasteiger charge is 2.23. The maximum Gasteiger partial charge on any atom is 0.258 e. The van der Waals surface area contributed by atoms with E-state index < -0.39 is 29.5 Å². The molecule has 3 rings (SSSR count). The quantitative estimate of drug-likeness (QED) is 0.584. The largest absolute Gasteiger partial charge is 0.483 e. The Labute approximate surface area is 174 Å². The number of hydrogen-bond acceptors (Lipinski definition) is 3. The molecule has 8 heteroatoms. The molecule has 0 saturated carbocycles. The van der Waals surface area contributed by atoms with Gasteiger partial charge < -0.3 is 15.4 Å². The van der Waals surface area contributed by atoms with E-state index in [-0.39, 0.29) is 12.2 Å². The number of halogens is 3. The van der Waals surface area contributed by atoms with E-state index in [1.165, 1.54) is 13.1 Å². The molecular formula is C21H17BrF2N2O3. The molecule has 2 amide bonds. The summed E-state index contributed by atoms with van der Waals surface area (Å²) in [6.45, 7) is -0.367. The molecule has 0 spiro atoms. The first kappa shape index (κ1) is 20.7. The van der Waals surface area contributed by atoms with E-state index in [9.17, 15) is 18.4 Å². The SMILES string of the molecule is CNC(=O)C(NC(=O)COc1ccc2ccccc2c1Br)c1ccc(F)c(F)c1. The van der Waals surface area contributed by atoms with Crippen molar-refractivity contribution in [1.29, 1.82) is 0 Å². The Morgan fingerprint density at radius 2 is 1.83 bits per heavy atom. The average Bonchev–Trinajstić information content (AvgIpc) is 2.73. The standard InChI is InChI=1S/C21H17BrF2N2O3/c1-25-21(28)20(13-6-8-15(23)16(24)10-13)26-18(27)11-29-17-9-7-12-4-2-3-5-14(12)19(17)22/h2-10,20H,11H2,1H3,(H,25,28)(H,26,27).